The van der Waals surface area contributed by atoms with Crippen LogP contribution in [0.15, 0.2) is 30.3 Å². The summed E-state index contributed by atoms with van der Waals surface area (Å²) in [5.41, 5.74) is 5.70. The Labute approximate surface area is 131 Å². The van der Waals surface area contributed by atoms with Crippen molar-refractivity contribution < 1.29 is 9.47 Å². The molecule has 2 rings (SSSR count). The van der Waals surface area contributed by atoms with E-state index in [2.05, 4.69) is 32.0 Å². The van der Waals surface area contributed by atoms with Gasteiger partial charge in [-0.2, -0.15) is 0 Å². The van der Waals surface area contributed by atoms with Crippen LogP contribution in [-0.2, 0) is 0 Å². The lowest BCUT2D eigenvalue weighted by molar-refractivity contribution is 0.354. The van der Waals surface area contributed by atoms with Gasteiger partial charge in [-0.1, -0.05) is 18.2 Å². The first-order chi connectivity index (χ1) is 9.99. The molecule has 0 N–H and O–H groups in total. The van der Waals surface area contributed by atoms with Crippen LogP contribution in [0.1, 0.15) is 33.2 Å². The molecule has 0 saturated heterocycles. The molecule has 0 bridgehead atoms. The number of rotatable bonds is 4. The molecule has 0 aliphatic heterocycles. The van der Waals surface area contributed by atoms with Crippen LogP contribution in [0.25, 0.3) is 0 Å². The molecule has 2 nitrogen and oxygen atoms in total. The molecule has 21 heavy (non-hydrogen) atoms. The second-order valence-electron chi connectivity index (χ2n) is 5.23. The van der Waals surface area contributed by atoms with E-state index in [1.807, 2.05) is 19.1 Å². The monoisotopic (exact) mass is 304 g/mol. The number of methoxy groups -OCH3 is 2. The number of hydrogen-bond acceptors (Lipinski definition) is 2. The molecule has 0 radical (unpaired) electrons. The van der Waals surface area contributed by atoms with Gasteiger partial charge < -0.3 is 9.47 Å². The number of aryl methyl sites for hydroxylation is 3. The third-order valence-electron chi connectivity index (χ3n) is 3.84. The third kappa shape index (κ3) is 3.01. The van der Waals surface area contributed by atoms with E-state index >= 15 is 0 Å². The zero-order valence-electron chi connectivity index (χ0n) is 13.2. The molecule has 0 aromatic heterocycles. The minimum Gasteiger partial charge on any atom is -0.493 e. The Balaban J connectivity index is 2.56. The number of alkyl halides is 1. The maximum atomic E-state index is 6.78. The van der Waals surface area contributed by atoms with Crippen molar-refractivity contribution >= 4 is 11.6 Å². The second-order valence-corrected chi connectivity index (χ2v) is 5.67. The van der Waals surface area contributed by atoms with Gasteiger partial charge in [0.15, 0.2) is 11.5 Å². The molecule has 1 unspecified atom stereocenters. The molecule has 1 atom stereocenters. The number of halogens is 1. The summed E-state index contributed by atoms with van der Waals surface area (Å²) in [6, 6.07) is 10.2. The highest BCUT2D eigenvalue weighted by Crippen LogP contribution is 2.39. The number of hydrogen-bond donors (Lipinski definition) is 0. The fourth-order valence-corrected chi connectivity index (χ4v) is 3.23. The van der Waals surface area contributed by atoms with E-state index in [1.165, 1.54) is 11.1 Å². The maximum Gasteiger partial charge on any atom is 0.161 e. The molecule has 3 heteroatoms. The van der Waals surface area contributed by atoms with Crippen LogP contribution in [0.2, 0.25) is 0 Å². The van der Waals surface area contributed by atoms with Crippen LogP contribution in [0, 0.1) is 20.8 Å². The van der Waals surface area contributed by atoms with Gasteiger partial charge in [0.25, 0.3) is 0 Å². The van der Waals surface area contributed by atoms with Crippen molar-refractivity contribution in [2.45, 2.75) is 26.1 Å². The highest BCUT2D eigenvalue weighted by molar-refractivity contribution is 6.23. The molecule has 0 aliphatic carbocycles. The summed E-state index contributed by atoms with van der Waals surface area (Å²) < 4.78 is 10.7. The topological polar surface area (TPSA) is 18.5 Å². The lowest BCUT2D eigenvalue weighted by Crippen LogP contribution is -2.03. The Bertz CT molecular complexity index is 630. The first-order valence-corrected chi connectivity index (χ1v) is 7.36. The van der Waals surface area contributed by atoms with Crippen molar-refractivity contribution in [2.24, 2.45) is 0 Å². The molecule has 0 spiro atoms. The summed E-state index contributed by atoms with van der Waals surface area (Å²) in [6.07, 6.45) is 0. The van der Waals surface area contributed by atoms with Crippen LogP contribution in [-0.4, -0.2) is 14.2 Å². The number of benzene rings is 2. The van der Waals surface area contributed by atoms with Crippen molar-refractivity contribution in [1.82, 2.24) is 0 Å². The van der Waals surface area contributed by atoms with Crippen molar-refractivity contribution in [2.75, 3.05) is 14.2 Å². The molecule has 2 aromatic carbocycles. The van der Waals surface area contributed by atoms with Crippen LogP contribution in [0.3, 0.4) is 0 Å². The summed E-state index contributed by atoms with van der Waals surface area (Å²) in [6.45, 7) is 6.22. The average Bonchev–Trinajstić information content (AvgIpc) is 2.46. The smallest absolute Gasteiger partial charge is 0.161 e. The predicted octanol–water partition coefficient (Wildman–Crippen LogP) is 4.96. The normalized spacial score (nSPS) is 12.1. The van der Waals surface area contributed by atoms with Crippen molar-refractivity contribution in [3.05, 3.63) is 58.1 Å². The summed E-state index contributed by atoms with van der Waals surface area (Å²) in [5.74, 6) is 1.43. The van der Waals surface area contributed by atoms with Gasteiger partial charge in [0, 0.05) is 0 Å². The molecule has 112 valence electrons. The van der Waals surface area contributed by atoms with Gasteiger partial charge in [0.1, 0.15) is 0 Å². The molecule has 2 aromatic rings. The van der Waals surface area contributed by atoms with Gasteiger partial charge in [0.05, 0.1) is 19.6 Å². The van der Waals surface area contributed by atoms with E-state index in [-0.39, 0.29) is 5.38 Å². The average molecular weight is 305 g/mol. The van der Waals surface area contributed by atoms with Gasteiger partial charge >= 0.3 is 0 Å². The van der Waals surface area contributed by atoms with Crippen LogP contribution in [0.4, 0.5) is 0 Å². The zero-order chi connectivity index (χ0) is 15.6. The fourth-order valence-electron chi connectivity index (χ4n) is 2.65. The Morgan fingerprint density at radius 1 is 0.857 bits per heavy atom. The van der Waals surface area contributed by atoms with Crippen molar-refractivity contribution in [1.29, 1.82) is 0 Å². The van der Waals surface area contributed by atoms with E-state index in [0.717, 1.165) is 22.4 Å². The minimum absolute atomic E-state index is 0.203. The van der Waals surface area contributed by atoms with E-state index in [0.29, 0.717) is 5.75 Å². The Kier molecular flexibility index (Phi) is 4.79. The highest BCUT2D eigenvalue weighted by atomic mass is 35.5. The Morgan fingerprint density at radius 3 is 1.90 bits per heavy atom. The second kappa shape index (κ2) is 6.40. The lowest BCUT2D eigenvalue weighted by Gasteiger charge is -2.20. The Hall–Kier alpha value is -1.67. The molecular weight excluding hydrogens is 284 g/mol. The van der Waals surface area contributed by atoms with Gasteiger partial charge in [-0.15, -0.1) is 11.6 Å². The highest BCUT2D eigenvalue weighted by Gasteiger charge is 2.20. The molecule has 0 heterocycles. The minimum atomic E-state index is -0.203. The molecule has 0 saturated carbocycles. The van der Waals surface area contributed by atoms with E-state index in [9.17, 15) is 0 Å². The largest absolute Gasteiger partial charge is 0.493 e. The van der Waals surface area contributed by atoms with Gasteiger partial charge in [-0.25, -0.2) is 0 Å². The zero-order valence-corrected chi connectivity index (χ0v) is 13.9. The summed E-state index contributed by atoms with van der Waals surface area (Å²) in [7, 11) is 3.28. The third-order valence-corrected chi connectivity index (χ3v) is 4.29. The van der Waals surface area contributed by atoms with E-state index in [4.69, 9.17) is 21.1 Å². The fraction of sp³-hybridized carbons (Fsp3) is 0.333. The van der Waals surface area contributed by atoms with Gasteiger partial charge in [-0.05, 0) is 60.7 Å². The maximum absolute atomic E-state index is 6.78. The van der Waals surface area contributed by atoms with Crippen LogP contribution < -0.4 is 9.47 Å². The quantitative estimate of drug-likeness (QED) is 0.743. The molecule has 0 aliphatic rings. The van der Waals surface area contributed by atoms with E-state index < -0.39 is 0 Å². The molecular formula is C18H21ClO2. The predicted molar refractivity (Wildman–Crippen MR) is 87.9 cm³/mol. The lowest BCUT2D eigenvalue weighted by atomic mass is 9.93. The van der Waals surface area contributed by atoms with Gasteiger partial charge in [0.2, 0.25) is 0 Å². The van der Waals surface area contributed by atoms with Crippen molar-refractivity contribution in [3.8, 4) is 11.5 Å². The standard InChI is InChI=1S/C18H21ClO2/c1-11-7-6-8-12(2)17(11)18(19)14-10-16(21-5)15(20-4)9-13(14)3/h6-10,18H,1-5H3. The van der Waals surface area contributed by atoms with Gasteiger partial charge in [-0.3, -0.25) is 0 Å². The van der Waals surface area contributed by atoms with Crippen LogP contribution >= 0.6 is 11.6 Å². The van der Waals surface area contributed by atoms with Crippen LogP contribution in [0.5, 0.6) is 11.5 Å². The SMILES string of the molecule is COc1cc(C)c(C(Cl)c2c(C)cccc2C)cc1OC. The first kappa shape index (κ1) is 15.7. The summed E-state index contributed by atoms with van der Waals surface area (Å²) in [4.78, 5) is 0. The number of ether oxygens (including phenoxy) is 2. The molecule has 0 fully saturated rings. The summed E-state index contributed by atoms with van der Waals surface area (Å²) >= 11 is 6.78. The molecule has 0 amide bonds. The Morgan fingerprint density at radius 2 is 1.38 bits per heavy atom. The first-order valence-electron chi connectivity index (χ1n) is 6.92. The van der Waals surface area contributed by atoms with E-state index in [1.54, 1.807) is 14.2 Å². The summed E-state index contributed by atoms with van der Waals surface area (Å²) in [5, 5.41) is -0.203. The van der Waals surface area contributed by atoms with Crippen molar-refractivity contribution in [3.63, 3.8) is 0 Å².